The van der Waals surface area contributed by atoms with Crippen LogP contribution < -0.4 is 9.47 Å². The SMILES string of the molecule is C=C1C(=O)C23[C@H](OC(=O)c4ccc(OC)c(OC)c4)[C@H]1CC[C@H]2C12CO[C@@]3(O)[C@@H](O)[C@@H]1C(C)(C)CCC2=O. The highest BCUT2D eigenvalue weighted by molar-refractivity contribution is 6.06. The summed E-state index contributed by atoms with van der Waals surface area (Å²) >= 11 is 0. The Labute approximate surface area is 221 Å². The molecule has 2 spiro atoms. The number of aliphatic hydroxyl groups is 2. The summed E-state index contributed by atoms with van der Waals surface area (Å²) in [5.41, 5.74) is -3.10. The first-order valence-corrected chi connectivity index (χ1v) is 13.2. The van der Waals surface area contributed by atoms with Gasteiger partial charge in [-0.15, -0.1) is 0 Å². The monoisotopic (exact) mass is 526 g/mol. The zero-order valence-electron chi connectivity index (χ0n) is 22.1. The number of methoxy groups -OCH3 is 2. The van der Waals surface area contributed by atoms with E-state index in [0.29, 0.717) is 37.2 Å². The van der Waals surface area contributed by atoms with Crippen molar-refractivity contribution in [2.24, 2.45) is 34.0 Å². The first-order chi connectivity index (χ1) is 17.9. The second-order valence-corrected chi connectivity index (χ2v) is 12.2. The standard InChI is InChI=1S/C29H34O9/c1-14-16-7-9-19-27-13-37-29(34,23(32)21(27)26(2,3)11-10-20(27)30)28(19,22(14)31)24(16)38-25(33)15-6-8-17(35-4)18(12-15)36-5/h6,8,12,16,19,21,23-24,32,34H,1,7,9-11,13H2,2-5H3/t16-,19-,21+,23-,24+,27?,28?,29-/m0/s1. The number of hydrogen-bond acceptors (Lipinski definition) is 9. The van der Waals surface area contributed by atoms with Crippen LogP contribution in [-0.4, -0.2) is 66.6 Å². The van der Waals surface area contributed by atoms with Gasteiger partial charge in [0.15, 0.2) is 17.3 Å². The van der Waals surface area contributed by atoms with Gasteiger partial charge in [0.25, 0.3) is 0 Å². The van der Waals surface area contributed by atoms with E-state index in [-0.39, 0.29) is 23.5 Å². The Morgan fingerprint density at radius 2 is 1.84 bits per heavy atom. The highest BCUT2D eigenvalue weighted by Gasteiger charge is 2.88. The van der Waals surface area contributed by atoms with E-state index >= 15 is 0 Å². The molecule has 2 N–H and O–H groups in total. The summed E-state index contributed by atoms with van der Waals surface area (Å²) in [5.74, 6) is -4.70. The average molecular weight is 527 g/mol. The number of fused-ring (bicyclic) bond motifs is 2. The predicted molar refractivity (Wildman–Crippen MR) is 132 cm³/mol. The molecule has 6 fully saturated rings. The third-order valence-electron chi connectivity index (χ3n) is 10.5. The topological polar surface area (TPSA) is 129 Å². The summed E-state index contributed by atoms with van der Waals surface area (Å²) in [4.78, 5) is 41.5. The second-order valence-electron chi connectivity index (χ2n) is 12.2. The molecule has 1 aromatic rings. The number of rotatable bonds is 4. The lowest BCUT2D eigenvalue weighted by Gasteiger charge is -2.72. The molecule has 2 heterocycles. The molecule has 7 rings (SSSR count). The predicted octanol–water partition coefficient (Wildman–Crippen LogP) is 2.47. The second kappa shape index (κ2) is 7.90. The van der Waals surface area contributed by atoms with Crippen molar-refractivity contribution in [2.75, 3.05) is 20.8 Å². The molecule has 6 aliphatic rings. The summed E-state index contributed by atoms with van der Waals surface area (Å²) in [7, 11) is 2.93. The van der Waals surface area contributed by atoms with Crippen LogP contribution in [0.2, 0.25) is 0 Å². The molecule has 9 heteroatoms. The van der Waals surface area contributed by atoms with E-state index in [1.165, 1.54) is 26.4 Å². The number of carbonyl (C=O) groups is 3. The van der Waals surface area contributed by atoms with Gasteiger partial charge in [0.05, 0.1) is 31.8 Å². The Bertz CT molecular complexity index is 1270. The van der Waals surface area contributed by atoms with Crippen LogP contribution >= 0.6 is 0 Å². The van der Waals surface area contributed by atoms with Crippen LogP contribution in [0.1, 0.15) is 49.9 Å². The minimum Gasteiger partial charge on any atom is -0.493 e. The van der Waals surface area contributed by atoms with Crippen molar-refractivity contribution in [3.63, 3.8) is 0 Å². The minimum absolute atomic E-state index is 0.0688. The van der Waals surface area contributed by atoms with Gasteiger partial charge < -0.3 is 29.2 Å². The molecular formula is C29H34O9. The van der Waals surface area contributed by atoms with Crippen LogP contribution in [0, 0.1) is 34.0 Å². The first kappa shape index (κ1) is 25.5. The van der Waals surface area contributed by atoms with E-state index < -0.39 is 63.7 Å². The van der Waals surface area contributed by atoms with Crippen molar-refractivity contribution in [3.05, 3.63) is 35.9 Å². The fraction of sp³-hybridized carbons (Fsp3) is 0.621. The molecule has 4 saturated carbocycles. The quantitative estimate of drug-likeness (QED) is 0.449. The number of hydrogen-bond donors (Lipinski definition) is 2. The largest absolute Gasteiger partial charge is 0.493 e. The lowest BCUT2D eigenvalue weighted by molar-refractivity contribution is -0.436. The smallest absolute Gasteiger partial charge is 0.338 e. The van der Waals surface area contributed by atoms with Crippen molar-refractivity contribution in [1.82, 2.24) is 0 Å². The lowest BCUT2D eigenvalue weighted by Crippen LogP contribution is -2.85. The zero-order valence-corrected chi connectivity index (χ0v) is 22.1. The van der Waals surface area contributed by atoms with Gasteiger partial charge in [0.2, 0.25) is 5.79 Å². The third-order valence-corrected chi connectivity index (χ3v) is 10.5. The van der Waals surface area contributed by atoms with Crippen molar-refractivity contribution in [2.45, 2.75) is 57.5 Å². The van der Waals surface area contributed by atoms with Gasteiger partial charge in [-0.1, -0.05) is 20.4 Å². The molecule has 0 radical (unpaired) electrons. The van der Waals surface area contributed by atoms with Gasteiger partial charge in [-0.05, 0) is 54.4 Å². The Balaban J connectivity index is 1.49. The molecule has 1 aromatic carbocycles. The van der Waals surface area contributed by atoms with Crippen LogP contribution in [0.3, 0.4) is 0 Å². The number of carbonyl (C=O) groups excluding carboxylic acids is 3. The number of Topliss-reactive ketones (excluding diaryl/α,β-unsaturated/α-hetero) is 2. The number of ketones is 2. The molecule has 2 aliphatic heterocycles. The van der Waals surface area contributed by atoms with E-state index in [9.17, 15) is 24.6 Å². The Morgan fingerprint density at radius 1 is 1.13 bits per heavy atom. The molecule has 0 aromatic heterocycles. The highest BCUT2D eigenvalue weighted by atomic mass is 16.6. The molecule has 204 valence electrons. The van der Waals surface area contributed by atoms with E-state index in [1.807, 2.05) is 13.8 Å². The lowest BCUT2D eigenvalue weighted by atomic mass is 9.36. The number of benzene rings is 1. The Kier molecular flexibility index (Phi) is 5.30. The van der Waals surface area contributed by atoms with Crippen LogP contribution in [-0.2, 0) is 19.1 Å². The van der Waals surface area contributed by atoms with Crippen molar-refractivity contribution >= 4 is 17.5 Å². The van der Waals surface area contributed by atoms with Crippen LogP contribution in [0.4, 0.5) is 0 Å². The van der Waals surface area contributed by atoms with Gasteiger partial charge in [-0.2, -0.15) is 0 Å². The zero-order chi connectivity index (χ0) is 27.4. The summed E-state index contributed by atoms with van der Waals surface area (Å²) in [6, 6.07) is 4.58. The molecule has 8 atom stereocenters. The molecule has 2 saturated heterocycles. The molecule has 4 aliphatic carbocycles. The van der Waals surface area contributed by atoms with E-state index in [4.69, 9.17) is 18.9 Å². The van der Waals surface area contributed by atoms with Gasteiger partial charge in [-0.3, -0.25) is 9.59 Å². The summed E-state index contributed by atoms with van der Waals surface area (Å²) < 4.78 is 22.7. The molecular weight excluding hydrogens is 492 g/mol. The van der Waals surface area contributed by atoms with Gasteiger partial charge in [0.1, 0.15) is 23.4 Å². The van der Waals surface area contributed by atoms with Crippen molar-refractivity contribution < 1.29 is 43.5 Å². The fourth-order valence-corrected chi connectivity index (χ4v) is 8.91. The molecule has 2 unspecified atom stereocenters. The van der Waals surface area contributed by atoms with Crippen LogP contribution in [0.5, 0.6) is 11.5 Å². The van der Waals surface area contributed by atoms with Gasteiger partial charge in [0, 0.05) is 18.3 Å². The van der Waals surface area contributed by atoms with Crippen LogP contribution in [0.15, 0.2) is 30.4 Å². The van der Waals surface area contributed by atoms with Gasteiger partial charge in [-0.25, -0.2) is 4.79 Å². The normalized spacial score (nSPS) is 42.4. The molecule has 9 nitrogen and oxygen atoms in total. The number of aliphatic hydroxyl groups excluding tert-OH is 1. The van der Waals surface area contributed by atoms with Crippen molar-refractivity contribution in [1.29, 1.82) is 0 Å². The summed E-state index contributed by atoms with van der Waals surface area (Å²) in [6.07, 6.45) is -0.906. The Hall–Kier alpha value is -2.75. The minimum atomic E-state index is -2.34. The number of esters is 1. The highest BCUT2D eigenvalue weighted by Crippen LogP contribution is 2.76. The average Bonchev–Trinajstić information content (AvgIpc) is 3.01. The maximum atomic E-state index is 14.1. The first-order valence-electron chi connectivity index (χ1n) is 13.2. The van der Waals surface area contributed by atoms with E-state index in [0.717, 1.165) is 0 Å². The third kappa shape index (κ3) is 2.70. The maximum absolute atomic E-state index is 14.1. The Morgan fingerprint density at radius 3 is 2.53 bits per heavy atom. The van der Waals surface area contributed by atoms with E-state index in [2.05, 4.69) is 6.58 Å². The van der Waals surface area contributed by atoms with Crippen molar-refractivity contribution in [3.8, 4) is 11.5 Å². The number of ether oxygens (including phenoxy) is 4. The van der Waals surface area contributed by atoms with Gasteiger partial charge >= 0.3 is 5.97 Å². The molecule has 38 heavy (non-hydrogen) atoms. The van der Waals surface area contributed by atoms with E-state index in [1.54, 1.807) is 6.07 Å². The summed E-state index contributed by atoms with van der Waals surface area (Å²) in [5, 5.41) is 24.0. The fourth-order valence-electron chi connectivity index (χ4n) is 8.91. The molecule has 0 amide bonds. The van der Waals surface area contributed by atoms with Crippen LogP contribution in [0.25, 0.3) is 0 Å². The summed E-state index contributed by atoms with van der Waals surface area (Å²) in [6.45, 7) is 7.91. The maximum Gasteiger partial charge on any atom is 0.338 e. The molecule has 4 bridgehead atoms.